The average Bonchev–Trinajstić information content (AvgIpc) is 2.59. The Hall–Kier alpha value is -1.51. The maximum absolute atomic E-state index is 6.01. The van der Waals surface area contributed by atoms with Gasteiger partial charge in [-0.3, -0.25) is 0 Å². The maximum Gasteiger partial charge on any atom is 0.0156 e. The van der Waals surface area contributed by atoms with Gasteiger partial charge in [0.25, 0.3) is 0 Å². The molecule has 0 fully saturated rings. The van der Waals surface area contributed by atoms with Crippen molar-refractivity contribution < 1.29 is 0 Å². The fourth-order valence-corrected chi connectivity index (χ4v) is 2.45. The monoisotopic (exact) mass is 366 g/mol. The van der Waals surface area contributed by atoms with Gasteiger partial charge in [-0.05, 0) is 73.3 Å². The molecule has 2 nitrogen and oxygen atoms in total. The molecule has 144 valence electrons. The summed E-state index contributed by atoms with van der Waals surface area (Å²) < 4.78 is 0. The summed E-state index contributed by atoms with van der Waals surface area (Å²) in [5, 5.41) is 0.808. The van der Waals surface area contributed by atoms with E-state index in [4.69, 9.17) is 17.3 Å². The molecule has 0 heterocycles. The van der Waals surface area contributed by atoms with Crippen LogP contribution in [0.25, 0.3) is 12.2 Å². The molecule has 0 bridgehead atoms. The third kappa shape index (κ3) is 11.6. The van der Waals surface area contributed by atoms with Crippen LogP contribution in [0.15, 0.2) is 30.5 Å². The Labute approximate surface area is 161 Å². The summed E-state index contributed by atoms with van der Waals surface area (Å²) in [6.07, 6.45) is 7.33. The first-order valence-electron chi connectivity index (χ1n) is 9.02. The molecule has 3 heteroatoms. The Morgan fingerprint density at radius 1 is 1.16 bits per heavy atom. The second kappa shape index (κ2) is 18.8. The number of rotatable bonds is 4. The van der Waals surface area contributed by atoms with Crippen LogP contribution in [0.3, 0.4) is 0 Å². The Bertz CT molecular complexity index is 513. The van der Waals surface area contributed by atoms with Gasteiger partial charge in [-0.25, -0.2) is 0 Å². The van der Waals surface area contributed by atoms with Crippen LogP contribution >= 0.6 is 11.6 Å². The number of benzene rings is 1. The minimum absolute atomic E-state index is 0.750. The van der Waals surface area contributed by atoms with Crippen LogP contribution in [-0.4, -0.2) is 6.54 Å². The zero-order valence-corrected chi connectivity index (χ0v) is 18.1. The number of nitrogens with two attached hydrogens (primary N) is 2. The predicted molar refractivity (Wildman–Crippen MR) is 120 cm³/mol. The van der Waals surface area contributed by atoms with E-state index < -0.39 is 0 Å². The standard InChI is InChI=1S/C16H21Cl.C2H7N.C2H5N.C2H6/c1-6-13-10-14(7-2)16(9-11(4)17)12(5)15(13)8-3;2*1-2-3;1-2/h7,9-10H,2,6,8H2,1,3-5H3;2-3H2,1H3;2H,1,3H2;1-2H3/b11-9+;;;. The highest BCUT2D eigenvalue weighted by atomic mass is 35.5. The summed E-state index contributed by atoms with van der Waals surface area (Å²) >= 11 is 6.01. The smallest absolute Gasteiger partial charge is 0.0156 e. The zero-order valence-electron chi connectivity index (χ0n) is 17.4. The summed E-state index contributed by atoms with van der Waals surface area (Å²) in [4.78, 5) is 0. The van der Waals surface area contributed by atoms with E-state index in [9.17, 15) is 0 Å². The lowest BCUT2D eigenvalue weighted by Gasteiger charge is -2.16. The summed E-state index contributed by atoms with van der Waals surface area (Å²) in [5.74, 6) is 0. The molecule has 4 N–H and O–H groups in total. The van der Waals surface area contributed by atoms with E-state index in [0.29, 0.717) is 0 Å². The SMILES string of the molecule is C=CN.C=Cc1cc(CC)c(CC)c(C)c1/C=C(\C)Cl.CC.CCN. The van der Waals surface area contributed by atoms with E-state index in [0.717, 1.165) is 24.4 Å². The largest absolute Gasteiger partial charge is 0.405 e. The van der Waals surface area contributed by atoms with Gasteiger partial charge in [-0.15, -0.1) is 0 Å². The van der Waals surface area contributed by atoms with E-state index in [1.807, 2.05) is 39.8 Å². The van der Waals surface area contributed by atoms with Crippen LogP contribution in [0.1, 0.15) is 69.4 Å². The van der Waals surface area contributed by atoms with Crippen molar-refractivity contribution in [1.82, 2.24) is 0 Å². The second-order valence-corrected chi connectivity index (χ2v) is 5.52. The van der Waals surface area contributed by atoms with Crippen molar-refractivity contribution in [2.75, 3.05) is 6.54 Å². The third-order valence-electron chi connectivity index (χ3n) is 3.18. The topological polar surface area (TPSA) is 52.0 Å². The Balaban J connectivity index is -0.000000517. The fraction of sp³-hybridized carbons (Fsp3) is 0.455. The molecule has 1 aromatic carbocycles. The molecule has 0 spiro atoms. The van der Waals surface area contributed by atoms with Crippen LogP contribution in [0.2, 0.25) is 0 Å². The molecular weight excluding hydrogens is 328 g/mol. The molecule has 1 rings (SSSR count). The summed E-state index contributed by atoms with van der Waals surface area (Å²) in [7, 11) is 0. The lowest BCUT2D eigenvalue weighted by atomic mass is 9.89. The predicted octanol–water partition coefficient (Wildman–Crippen LogP) is 6.44. The van der Waals surface area contributed by atoms with Gasteiger partial charge in [-0.1, -0.05) is 71.5 Å². The lowest BCUT2D eigenvalue weighted by Crippen LogP contribution is -2.00. The summed E-state index contributed by atoms with van der Waals surface area (Å²) in [6.45, 7) is 22.2. The van der Waals surface area contributed by atoms with E-state index in [1.165, 1.54) is 34.0 Å². The molecule has 0 aliphatic heterocycles. The van der Waals surface area contributed by atoms with Crippen molar-refractivity contribution in [2.45, 2.75) is 61.3 Å². The number of halogens is 1. The van der Waals surface area contributed by atoms with Crippen molar-refractivity contribution in [3.05, 3.63) is 58.3 Å². The number of aryl methyl sites for hydroxylation is 1. The third-order valence-corrected chi connectivity index (χ3v) is 3.29. The Morgan fingerprint density at radius 2 is 1.60 bits per heavy atom. The molecule has 0 saturated carbocycles. The quantitative estimate of drug-likeness (QED) is 0.643. The van der Waals surface area contributed by atoms with Crippen LogP contribution in [0.5, 0.6) is 0 Å². The van der Waals surface area contributed by atoms with Gasteiger partial charge in [0.15, 0.2) is 0 Å². The number of hydrogen-bond donors (Lipinski definition) is 2. The number of allylic oxidation sites excluding steroid dienone is 1. The summed E-state index contributed by atoms with van der Waals surface area (Å²) in [5.41, 5.74) is 16.0. The zero-order chi connectivity index (χ0) is 20.4. The van der Waals surface area contributed by atoms with E-state index >= 15 is 0 Å². The van der Waals surface area contributed by atoms with E-state index in [-0.39, 0.29) is 0 Å². The molecule has 25 heavy (non-hydrogen) atoms. The molecule has 0 unspecified atom stereocenters. The fourth-order valence-electron chi connectivity index (χ4n) is 2.34. The van der Waals surface area contributed by atoms with Crippen molar-refractivity contribution in [1.29, 1.82) is 0 Å². The van der Waals surface area contributed by atoms with Crippen molar-refractivity contribution in [3.8, 4) is 0 Å². The number of hydrogen-bond acceptors (Lipinski definition) is 2. The van der Waals surface area contributed by atoms with Crippen LogP contribution in [0, 0.1) is 6.92 Å². The highest BCUT2D eigenvalue weighted by molar-refractivity contribution is 6.31. The molecule has 0 atom stereocenters. The van der Waals surface area contributed by atoms with Gasteiger partial charge >= 0.3 is 0 Å². The minimum Gasteiger partial charge on any atom is -0.405 e. The van der Waals surface area contributed by atoms with Gasteiger partial charge in [-0.2, -0.15) is 0 Å². The van der Waals surface area contributed by atoms with Gasteiger partial charge in [0.2, 0.25) is 0 Å². The molecule has 1 aromatic rings. The maximum atomic E-state index is 6.01. The average molecular weight is 367 g/mol. The minimum atomic E-state index is 0.750. The van der Waals surface area contributed by atoms with Crippen LogP contribution < -0.4 is 11.5 Å². The molecule has 0 aliphatic carbocycles. The van der Waals surface area contributed by atoms with Gasteiger partial charge in [0.1, 0.15) is 0 Å². The molecule has 0 amide bonds. The lowest BCUT2D eigenvalue weighted by molar-refractivity contribution is 1.01. The van der Waals surface area contributed by atoms with Crippen LogP contribution in [0.4, 0.5) is 0 Å². The first-order valence-corrected chi connectivity index (χ1v) is 9.40. The van der Waals surface area contributed by atoms with Gasteiger partial charge < -0.3 is 11.5 Å². The van der Waals surface area contributed by atoms with E-state index in [1.54, 1.807) is 0 Å². The highest BCUT2D eigenvalue weighted by Crippen LogP contribution is 2.27. The van der Waals surface area contributed by atoms with Crippen LogP contribution in [-0.2, 0) is 12.8 Å². The van der Waals surface area contributed by atoms with E-state index in [2.05, 4.69) is 45.7 Å². The second-order valence-electron chi connectivity index (χ2n) is 4.93. The Morgan fingerprint density at radius 3 is 1.88 bits per heavy atom. The normalized spacial score (nSPS) is 9.40. The first-order chi connectivity index (χ1) is 11.9. The van der Waals surface area contributed by atoms with Gasteiger partial charge in [0.05, 0.1) is 0 Å². The Kier molecular flexibility index (Phi) is 21.3. The van der Waals surface area contributed by atoms with Crippen molar-refractivity contribution >= 4 is 23.8 Å². The van der Waals surface area contributed by atoms with Gasteiger partial charge in [0, 0.05) is 5.03 Å². The molecule has 0 radical (unpaired) electrons. The molecular formula is C22H39ClN2. The molecule has 0 aliphatic rings. The highest BCUT2D eigenvalue weighted by Gasteiger charge is 2.10. The summed E-state index contributed by atoms with van der Waals surface area (Å²) in [6, 6.07) is 2.24. The first kappa shape index (κ1) is 28.3. The van der Waals surface area contributed by atoms with Crippen molar-refractivity contribution in [2.24, 2.45) is 11.5 Å². The molecule has 0 saturated heterocycles. The van der Waals surface area contributed by atoms with Crippen molar-refractivity contribution in [3.63, 3.8) is 0 Å². The molecule has 0 aromatic heterocycles.